The lowest BCUT2D eigenvalue weighted by molar-refractivity contribution is -0.164. The highest BCUT2D eigenvalue weighted by molar-refractivity contribution is 5.92. The Bertz CT molecular complexity index is 986. The molecule has 2 unspecified atom stereocenters. The largest absolute Gasteiger partial charge is 0.453 e. The zero-order valence-corrected chi connectivity index (χ0v) is 16.8. The number of hydrogen-bond acceptors (Lipinski definition) is 4. The third-order valence-corrected chi connectivity index (χ3v) is 4.86. The first-order valence-electron chi connectivity index (χ1n) is 9.44. The van der Waals surface area contributed by atoms with Crippen LogP contribution in [0, 0.1) is 11.6 Å². The lowest BCUT2D eigenvalue weighted by Crippen LogP contribution is -2.50. The van der Waals surface area contributed by atoms with Crippen LogP contribution in [0.3, 0.4) is 0 Å². The molecule has 0 spiro atoms. The van der Waals surface area contributed by atoms with Crippen LogP contribution in [0.15, 0.2) is 42.5 Å². The van der Waals surface area contributed by atoms with Gasteiger partial charge in [-0.05, 0) is 44.0 Å². The van der Waals surface area contributed by atoms with E-state index in [4.69, 9.17) is 4.74 Å². The number of rotatable bonds is 5. The van der Waals surface area contributed by atoms with E-state index in [-0.39, 0.29) is 12.0 Å². The Kier molecular flexibility index (Phi) is 5.87. The third kappa shape index (κ3) is 4.64. The van der Waals surface area contributed by atoms with Gasteiger partial charge in [0.2, 0.25) is 11.8 Å². The Morgan fingerprint density at radius 1 is 1.13 bits per heavy atom. The van der Waals surface area contributed by atoms with E-state index >= 15 is 0 Å². The Labute approximate surface area is 172 Å². The molecule has 6 nitrogen and oxygen atoms in total. The smallest absolute Gasteiger partial charge is 0.334 e. The van der Waals surface area contributed by atoms with E-state index in [1.165, 1.54) is 6.92 Å². The zero-order chi connectivity index (χ0) is 22.1. The first kappa shape index (κ1) is 21.4. The van der Waals surface area contributed by atoms with E-state index in [2.05, 4.69) is 10.6 Å². The molecule has 2 N–H and O–H groups in total. The SMILES string of the molecule is CC(NC(=O)Cc1cc(F)cc(F)c1)C(=O)NC1C(=O)OC(C)(C)c2ccccc21. The summed E-state index contributed by atoms with van der Waals surface area (Å²) in [6.45, 7) is 4.98. The van der Waals surface area contributed by atoms with Crippen molar-refractivity contribution in [1.29, 1.82) is 0 Å². The third-order valence-electron chi connectivity index (χ3n) is 4.86. The van der Waals surface area contributed by atoms with Crippen LogP contribution >= 0.6 is 0 Å². The first-order valence-corrected chi connectivity index (χ1v) is 9.44. The maximum atomic E-state index is 13.3. The Morgan fingerprint density at radius 2 is 1.77 bits per heavy atom. The van der Waals surface area contributed by atoms with Gasteiger partial charge in [0.15, 0.2) is 6.04 Å². The molecular formula is C22H22F2N2O4. The minimum atomic E-state index is -1.00. The number of ether oxygens (including phenoxy) is 1. The number of halogens is 2. The minimum Gasteiger partial charge on any atom is -0.453 e. The predicted molar refractivity (Wildman–Crippen MR) is 104 cm³/mol. The normalized spacial score (nSPS) is 18.0. The standard InChI is InChI=1S/C22H22F2N2O4/c1-12(25-18(27)10-13-8-14(23)11-15(24)9-13)20(28)26-19-16-6-4-5-7-17(16)22(2,3)30-21(19)29/h4-9,11-12,19H,10H2,1-3H3,(H,25,27)(H,26,28). The molecule has 30 heavy (non-hydrogen) atoms. The summed E-state index contributed by atoms with van der Waals surface area (Å²) in [5, 5.41) is 5.07. The number of nitrogens with one attached hydrogen (secondary N) is 2. The quantitative estimate of drug-likeness (QED) is 0.734. The maximum Gasteiger partial charge on any atom is 0.334 e. The molecule has 0 radical (unpaired) electrons. The summed E-state index contributed by atoms with van der Waals surface area (Å²) < 4.78 is 32.0. The van der Waals surface area contributed by atoms with E-state index in [1.54, 1.807) is 26.0 Å². The van der Waals surface area contributed by atoms with Crippen LogP contribution in [0.4, 0.5) is 8.78 Å². The number of hydrogen-bond donors (Lipinski definition) is 2. The maximum absolute atomic E-state index is 13.3. The van der Waals surface area contributed by atoms with Crippen molar-refractivity contribution < 1.29 is 27.9 Å². The van der Waals surface area contributed by atoms with Crippen molar-refractivity contribution in [2.45, 2.75) is 44.9 Å². The van der Waals surface area contributed by atoms with Gasteiger partial charge < -0.3 is 15.4 Å². The highest BCUT2D eigenvalue weighted by atomic mass is 19.1. The van der Waals surface area contributed by atoms with Gasteiger partial charge in [0.1, 0.15) is 23.3 Å². The number of cyclic esters (lactones) is 1. The number of carbonyl (C=O) groups is 3. The van der Waals surface area contributed by atoms with Gasteiger partial charge in [0, 0.05) is 11.6 Å². The summed E-state index contributed by atoms with van der Waals surface area (Å²) in [7, 11) is 0. The van der Waals surface area contributed by atoms with E-state index in [0.717, 1.165) is 17.7 Å². The van der Waals surface area contributed by atoms with E-state index < -0.39 is 47.1 Å². The van der Waals surface area contributed by atoms with Gasteiger partial charge in [-0.15, -0.1) is 0 Å². The summed E-state index contributed by atoms with van der Waals surface area (Å²) in [5.74, 6) is -3.36. The molecule has 0 bridgehead atoms. The van der Waals surface area contributed by atoms with Gasteiger partial charge in [-0.25, -0.2) is 13.6 Å². The molecule has 0 fully saturated rings. The van der Waals surface area contributed by atoms with Crippen LogP contribution in [-0.2, 0) is 31.1 Å². The Morgan fingerprint density at radius 3 is 2.43 bits per heavy atom. The second kappa shape index (κ2) is 8.22. The van der Waals surface area contributed by atoms with Crippen molar-refractivity contribution >= 4 is 17.8 Å². The molecule has 0 aromatic heterocycles. The van der Waals surface area contributed by atoms with Gasteiger partial charge in [0.25, 0.3) is 0 Å². The monoisotopic (exact) mass is 416 g/mol. The molecule has 1 aliphatic rings. The average molecular weight is 416 g/mol. The molecule has 2 amide bonds. The molecule has 158 valence electrons. The molecule has 2 aromatic carbocycles. The molecule has 3 rings (SSSR count). The molecule has 0 saturated carbocycles. The number of amides is 2. The summed E-state index contributed by atoms with van der Waals surface area (Å²) in [5.41, 5.74) is 0.722. The fourth-order valence-corrected chi connectivity index (χ4v) is 3.45. The lowest BCUT2D eigenvalue weighted by atomic mass is 9.86. The summed E-state index contributed by atoms with van der Waals surface area (Å²) in [6.07, 6.45) is -0.297. The molecule has 2 aromatic rings. The number of fused-ring (bicyclic) bond motifs is 1. The van der Waals surface area contributed by atoms with Crippen molar-refractivity contribution in [3.05, 3.63) is 70.8 Å². The summed E-state index contributed by atoms with van der Waals surface area (Å²) in [4.78, 5) is 37.2. The van der Waals surface area contributed by atoms with Gasteiger partial charge in [0.05, 0.1) is 6.42 Å². The number of carbonyl (C=O) groups excluding carboxylic acids is 3. The Balaban J connectivity index is 1.66. The molecule has 1 aliphatic heterocycles. The highest BCUT2D eigenvalue weighted by Gasteiger charge is 2.40. The minimum absolute atomic E-state index is 0.143. The second-order valence-electron chi connectivity index (χ2n) is 7.70. The van der Waals surface area contributed by atoms with Crippen molar-refractivity contribution in [1.82, 2.24) is 10.6 Å². The van der Waals surface area contributed by atoms with Crippen LogP contribution in [-0.4, -0.2) is 23.8 Å². The van der Waals surface area contributed by atoms with Crippen molar-refractivity contribution in [2.75, 3.05) is 0 Å². The van der Waals surface area contributed by atoms with Crippen molar-refractivity contribution in [3.8, 4) is 0 Å². The fraction of sp³-hybridized carbons (Fsp3) is 0.318. The molecule has 0 aliphatic carbocycles. The fourth-order valence-electron chi connectivity index (χ4n) is 3.45. The Hall–Kier alpha value is -3.29. The van der Waals surface area contributed by atoms with Crippen LogP contribution in [0.25, 0.3) is 0 Å². The van der Waals surface area contributed by atoms with Crippen LogP contribution in [0.2, 0.25) is 0 Å². The molecule has 8 heteroatoms. The molecular weight excluding hydrogens is 394 g/mol. The van der Waals surface area contributed by atoms with Gasteiger partial charge in [-0.3, -0.25) is 9.59 Å². The van der Waals surface area contributed by atoms with E-state index in [9.17, 15) is 23.2 Å². The first-order chi connectivity index (χ1) is 14.1. The van der Waals surface area contributed by atoms with Gasteiger partial charge in [-0.1, -0.05) is 24.3 Å². The predicted octanol–water partition coefficient (Wildman–Crippen LogP) is 2.66. The highest BCUT2D eigenvalue weighted by Crippen LogP contribution is 2.37. The van der Waals surface area contributed by atoms with Gasteiger partial charge in [-0.2, -0.15) is 0 Å². The number of benzene rings is 2. The summed E-state index contributed by atoms with van der Waals surface area (Å²) in [6, 6.07) is 7.96. The second-order valence-corrected chi connectivity index (χ2v) is 7.70. The molecule has 0 saturated heterocycles. The van der Waals surface area contributed by atoms with E-state index in [0.29, 0.717) is 11.6 Å². The van der Waals surface area contributed by atoms with Crippen LogP contribution in [0.1, 0.15) is 43.5 Å². The van der Waals surface area contributed by atoms with Crippen molar-refractivity contribution in [3.63, 3.8) is 0 Å². The summed E-state index contributed by atoms with van der Waals surface area (Å²) >= 11 is 0. The lowest BCUT2D eigenvalue weighted by Gasteiger charge is -2.36. The molecule has 2 atom stereocenters. The topological polar surface area (TPSA) is 84.5 Å². The molecule has 1 heterocycles. The van der Waals surface area contributed by atoms with E-state index in [1.807, 2.05) is 12.1 Å². The average Bonchev–Trinajstić information content (AvgIpc) is 2.63. The van der Waals surface area contributed by atoms with Crippen LogP contribution in [0.5, 0.6) is 0 Å². The number of esters is 1. The van der Waals surface area contributed by atoms with Gasteiger partial charge >= 0.3 is 5.97 Å². The van der Waals surface area contributed by atoms with Crippen molar-refractivity contribution in [2.24, 2.45) is 0 Å². The van der Waals surface area contributed by atoms with Crippen LogP contribution < -0.4 is 10.6 Å². The zero-order valence-electron chi connectivity index (χ0n) is 16.8.